The fourth-order valence-corrected chi connectivity index (χ4v) is 7.80. The first kappa shape index (κ1) is 55.1. The van der Waals surface area contributed by atoms with E-state index in [1.807, 2.05) is 27.2 Å². The molecule has 1 fully saturated rings. The van der Waals surface area contributed by atoms with E-state index in [-0.39, 0.29) is 37.9 Å². The van der Waals surface area contributed by atoms with Gasteiger partial charge in [-0.15, -0.1) is 0 Å². The number of nitrogens with zero attached hydrogens (tertiary/aromatic N) is 1. The maximum atomic E-state index is 12.8. The van der Waals surface area contributed by atoms with Crippen LogP contribution in [-0.2, 0) is 32.7 Å². The predicted molar refractivity (Wildman–Crippen MR) is 233 cm³/mol. The molecule has 0 amide bonds. The van der Waals surface area contributed by atoms with Gasteiger partial charge in [0.15, 0.2) is 6.10 Å². The number of aliphatic hydroxyl groups is 3. The van der Waals surface area contributed by atoms with E-state index in [1.165, 1.54) is 19.3 Å². The molecule has 1 aliphatic carbocycles. The lowest BCUT2D eigenvalue weighted by atomic mass is 9.88. The molecule has 1 saturated carbocycles. The molecule has 1 aliphatic rings. The van der Waals surface area contributed by atoms with Crippen LogP contribution in [0.3, 0.4) is 0 Å². The number of quaternary nitrogens is 1. The average Bonchev–Trinajstić information content (AvgIpc) is 3.44. The van der Waals surface area contributed by atoms with Crippen molar-refractivity contribution in [1.82, 2.24) is 0 Å². The molecule has 12 nitrogen and oxygen atoms in total. The van der Waals surface area contributed by atoms with Crippen molar-refractivity contribution in [3.8, 4) is 0 Å². The summed E-state index contributed by atoms with van der Waals surface area (Å²) in [5.74, 6) is -1.29. The van der Waals surface area contributed by atoms with Crippen LogP contribution in [-0.4, -0.2) is 104 Å². The predicted octanol–water partition coefficient (Wildman–Crippen LogP) is 8.66. The highest BCUT2D eigenvalue weighted by molar-refractivity contribution is 7.45. The highest BCUT2D eigenvalue weighted by atomic mass is 31.2. The Bertz CT molecular complexity index is 1220. The number of rotatable bonds is 37. The number of likely N-dealkylation sites (N-methyl/N-ethyl adjacent to an activating group) is 1. The van der Waals surface area contributed by atoms with Gasteiger partial charge in [0.25, 0.3) is 7.82 Å². The zero-order valence-corrected chi connectivity index (χ0v) is 38.4. The summed E-state index contributed by atoms with van der Waals surface area (Å²) in [7, 11) is 1.02. The van der Waals surface area contributed by atoms with Crippen molar-refractivity contribution in [2.75, 3.05) is 47.5 Å². The lowest BCUT2D eigenvalue weighted by Gasteiger charge is -2.28. The number of unbranched alkanes of at least 4 members (excludes halogenated alkanes) is 13. The van der Waals surface area contributed by atoms with E-state index >= 15 is 0 Å². The van der Waals surface area contributed by atoms with Crippen molar-refractivity contribution in [2.45, 2.75) is 186 Å². The molecule has 0 aromatic carbocycles. The van der Waals surface area contributed by atoms with Gasteiger partial charge in [-0.05, 0) is 63.7 Å². The van der Waals surface area contributed by atoms with Crippen LogP contribution in [0, 0.1) is 11.8 Å². The van der Waals surface area contributed by atoms with Gasteiger partial charge in [0, 0.05) is 25.2 Å². The van der Waals surface area contributed by atoms with E-state index in [2.05, 4.69) is 38.2 Å². The Morgan fingerprint density at radius 2 is 1.36 bits per heavy atom. The number of ether oxygens (including phenoxy) is 2. The standard InChI is InChI=1S/C46H84NO11P/c1-6-8-10-11-12-13-14-15-16-17-18-19-20-21-26-30-45(51)55-37-40(38-57-59(53,54)56-35-34-47(3,4)5)58-46(52)31-27-23-22-25-29-41-42(44(50)36-43(41)49)33-32-39(48)28-24-9-7-2/h12-13,15-16,32-33,39-44,48-50H,6-11,14,17-31,34-38H2,1-5H3/b13-12-,16-15-,33-32+/t39-,40+,41+,42+,43-,44+/m0/s1. The largest absolute Gasteiger partial charge is 0.756 e. The molecule has 0 saturated heterocycles. The van der Waals surface area contributed by atoms with Gasteiger partial charge in [0.05, 0.1) is 46.1 Å². The summed E-state index contributed by atoms with van der Waals surface area (Å²) in [5, 5.41) is 31.4. The maximum absolute atomic E-state index is 12.8. The third kappa shape index (κ3) is 30.7. The van der Waals surface area contributed by atoms with Crippen molar-refractivity contribution < 1.29 is 57.4 Å². The Balaban J connectivity index is 2.48. The minimum atomic E-state index is -4.69. The molecule has 0 aliphatic heterocycles. The van der Waals surface area contributed by atoms with E-state index in [1.54, 1.807) is 6.08 Å². The topological polar surface area (TPSA) is 172 Å². The average molecular weight is 858 g/mol. The van der Waals surface area contributed by atoms with Crippen LogP contribution in [0.15, 0.2) is 36.5 Å². The Hall–Kier alpha value is -1.89. The molecular weight excluding hydrogens is 773 g/mol. The fraction of sp³-hybridized carbons (Fsp3) is 0.826. The molecule has 1 unspecified atom stereocenters. The Morgan fingerprint density at radius 3 is 2.02 bits per heavy atom. The fourth-order valence-electron chi connectivity index (χ4n) is 7.07. The van der Waals surface area contributed by atoms with Gasteiger partial charge in [-0.2, -0.15) is 0 Å². The first-order valence-electron chi connectivity index (χ1n) is 23.0. The van der Waals surface area contributed by atoms with Gasteiger partial charge in [-0.1, -0.05) is 121 Å². The highest BCUT2D eigenvalue weighted by Crippen LogP contribution is 2.39. The van der Waals surface area contributed by atoms with Crippen LogP contribution in [0.2, 0.25) is 0 Å². The molecule has 0 radical (unpaired) electrons. The lowest BCUT2D eigenvalue weighted by Crippen LogP contribution is -2.37. The van der Waals surface area contributed by atoms with Crippen LogP contribution in [0.1, 0.15) is 162 Å². The molecule has 0 aromatic heterocycles. The number of carbonyl (C=O) groups is 2. The molecule has 3 N–H and O–H groups in total. The number of aliphatic hydroxyl groups excluding tert-OH is 3. The third-order valence-electron chi connectivity index (χ3n) is 10.7. The molecule has 7 atom stereocenters. The highest BCUT2D eigenvalue weighted by Gasteiger charge is 2.39. The number of hydrogen-bond donors (Lipinski definition) is 3. The normalized spacial score (nSPS) is 20.8. The summed E-state index contributed by atoms with van der Waals surface area (Å²) in [6, 6.07) is 0. The van der Waals surface area contributed by atoms with Crippen LogP contribution in [0.25, 0.3) is 0 Å². The summed E-state index contributed by atoms with van der Waals surface area (Å²) in [4.78, 5) is 37.8. The summed E-state index contributed by atoms with van der Waals surface area (Å²) in [6.45, 7) is 3.83. The van der Waals surface area contributed by atoms with E-state index in [0.717, 1.165) is 89.9 Å². The van der Waals surface area contributed by atoms with E-state index in [0.29, 0.717) is 36.7 Å². The molecule has 13 heteroatoms. The van der Waals surface area contributed by atoms with Crippen molar-refractivity contribution in [1.29, 1.82) is 0 Å². The lowest BCUT2D eigenvalue weighted by molar-refractivity contribution is -0.870. The Kier molecular flexibility index (Phi) is 31.5. The Labute approximate surface area is 358 Å². The SMILES string of the molecule is CCCCC/C=C\C/C=C\CCCCCCCC(=O)OC[C@H](COP(=O)([O-])OCC[N+](C)(C)C)OC(=O)CCCCCC[C@@H]1[C@@H](/C=C/[C@@H](O)CCCCC)[C@H](O)C[C@@H]1O. The van der Waals surface area contributed by atoms with Crippen LogP contribution >= 0.6 is 7.82 Å². The van der Waals surface area contributed by atoms with Gasteiger partial charge in [0.2, 0.25) is 0 Å². The second-order valence-electron chi connectivity index (χ2n) is 17.4. The number of phosphoric acid groups is 1. The first-order valence-corrected chi connectivity index (χ1v) is 24.4. The molecule has 344 valence electrons. The first-order chi connectivity index (χ1) is 28.2. The zero-order valence-electron chi connectivity index (χ0n) is 37.5. The number of phosphoric ester groups is 1. The van der Waals surface area contributed by atoms with Crippen molar-refractivity contribution in [3.63, 3.8) is 0 Å². The smallest absolute Gasteiger partial charge is 0.306 e. The zero-order chi connectivity index (χ0) is 43.8. The second-order valence-corrected chi connectivity index (χ2v) is 18.8. The molecular formula is C46H84NO11P. The summed E-state index contributed by atoms with van der Waals surface area (Å²) >= 11 is 0. The van der Waals surface area contributed by atoms with Crippen LogP contribution < -0.4 is 4.89 Å². The third-order valence-corrected chi connectivity index (χ3v) is 11.7. The van der Waals surface area contributed by atoms with E-state index < -0.39 is 50.8 Å². The van der Waals surface area contributed by atoms with Crippen molar-refractivity contribution in [3.05, 3.63) is 36.5 Å². The monoisotopic (exact) mass is 858 g/mol. The van der Waals surface area contributed by atoms with Gasteiger partial charge >= 0.3 is 11.9 Å². The number of carbonyl (C=O) groups excluding carboxylic acids is 2. The van der Waals surface area contributed by atoms with Crippen molar-refractivity contribution in [2.24, 2.45) is 11.8 Å². The maximum Gasteiger partial charge on any atom is 0.306 e. The van der Waals surface area contributed by atoms with Gasteiger partial charge in [-0.25, -0.2) is 0 Å². The molecule has 0 bridgehead atoms. The molecule has 0 aromatic rings. The molecule has 1 rings (SSSR count). The van der Waals surface area contributed by atoms with Crippen LogP contribution in [0.4, 0.5) is 0 Å². The summed E-state index contributed by atoms with van der Waals surface area (Å²) in [6.07, 6.45) is 29.5. The minimum Gasteiger partial charge on any atom is -0.756 e. The molecule has 0 heterocycles. The number of hydrogen-bond acceptors (Lipinski definition) is 11. The minimum absolute atomic E-state index is 0.0723. The number of esters is 2. The van der Waals surface area contributed by atoms with Crippen molar-refractivity contribution >= 4 is 19.8 Å². The number of allylic oxidation sites excluding steroid dienone is 4. The molecule has 59 heavy (non-hydrogen) atoms. The van der Waals surface area contributed by atoms with E-state index in [4.69, 9.17) is 18.5 Å². The summed E-state index contributed by atoms with van der Waals surface area (Å²) in [5.41, 5.74) is 0. The van der Waals surface area contributed by atoms with Crippen LogP contribution in [0.5, 0.6) is 0 Å². The second kappa shape index (κ2) is 33.7. The van der Waals surface area contributed by atoms with E-state index in [9.17, 15) is 34.4 Å². The van der Waals surface area contributed by atoms with Gasteiger partial charge in [-0.3, -0.25) is 14.2 Å². The quantitative estimate of drug-likeness (QED) is 0.0180. The van der Waals surface area contributed by atoms with Gasteiger partial charge in [0.1, 0.15) is 19.8 Å². The Morgan fingerprint density at radius 1 is 0.763 bits per heavy atom. The molecule has 0 spiro atoms. The summed E-state index contributed by atoms with van der Waals surface area (Å²) < 4.78 is 33.9. The van der Waals surface area contributed by atoms with Gasteiger partial charge < -0.3 is 43.2 Å².